The summed E-state index contributed by atoms with van der Waals surface area (Å²) < 4.78 is 5.32. The summed E-state index contributed by atoms with van der Waals surface area (Å²) in [5.74, 6) is 0.995. The number of nitrogens with zero attached hydrogens (tertiary/aromatic N) is 1. The van der Waals surface area contributed by atoms with Gasteiger partial charge in [0.05, 0.1) is 12.8 Å². The molecular formula is C9H16N2O. The highest BCUT2D eigenvalue weighted by atomic mass is 16.3. The van der Waals surface area contributed by atoms with Crippen molar-refractivity contribution in [2.45, 2.75) is 13.1 Å². The predicted octanol–water partition coefficient (Wildman–Crippen LogP) is 1.06. The molecule has 0 atom stereocenters. The molecule has 0 fully saturated rings. The molecule has 0 aromatic carbocycles. The van der Waals surface area contributed by atoms with Gasteiger partial charge in [-0.05, 0) is 27.2 Å². The molecule has 12 heavy (non-hydrogen) atoms. The molecule has 0 aliphatic carbocycles. The van der Waals surface area contributed by atoms with E-state index in [0.29, 0.717) is 0 Å². The van der Waals surface area contributed by atoms with Crippen LogP contribution >= 0.6 is 0 Å². The number of hydrogen-bond donors (Lipinski definition) is 1. The molecule has 0 unspecified atom stereocenters. The molecule has 0 bridgehead atoms. The van der Waals surface area contributed by atoms with Crippen LogP contribution in [-0.4, -0.2) is 26.0 Å². The highest BCUT2D eigenvalue weighted by Gasteiger charge is 2.00. The van der Waals surface area contributed by atoms with E-state index in [0.717, 1.165) is 18.8 Å². The fourth-order valence-electron chi connectivity index (χ4n) is 1.14. The first kappa shape index (κ1) is 9.29. The van der Waals surface area contributed by atoms with Crippen molar-refractivity contribution in [3.63, 3.8) is 0 Å². The third-order valence-electron chi connectivity index (χ3n) is 1.56. The number of furan rings is 1. The minimum Gasteiger partial charge on any atom is -0.468 e. The van der Waals surface area contributed by atoms with E-state index in [-0.39, 0.29) is 0 Å². The highest BCUT2D eigenvalue weighted by molar-refractivity contribution is 5.12. The minimum absolute atomic E-state index is 0.799. The zero-order valence-electron chi connectivity index (χ0n) is 7.92. The smallest absolute Gasteiger partial charge is 0.117 e. The number of rotatable bonds is 4. The molecule has 0 aliphatic rings. The van der Waals surface area contributed by atoms with E-state index in [1.807, 2.05) is 27.4 Å². The van der Waals surface area contributed by atoms with E-state index in [1.165, 1.54) is 5.56 Å². The molecule has 0 saturated carbocycles. The Morgan fingerprint density at radius 3 is 2.83 bits per heavy atom. The van der Waals surface area contributed by atoms with Crippen molar-refractivity contribution in [2.75, 3.05) is 21.1 Å². The second kappa shape index (κ2) is 4.28. The maximum absolute atomic E-state index is 5.32. The van der Waals surface area contributed by atoms with Crippen LogP contribution in [0.5, 0.6) is 0 Å². The van der Waals surface area contributed by atoms with Gasteiger partial charge in [-0.2, -0.15) is 0 Å². The predicted molar refractivity (Wildman–Crippen MR) is 48.9 cm³/mol. The SMILES string of the molecule is CNCc1cc(CN(C)C)co1. The number of nitrogens with one attached hydrogen (secondary N) is 1. The molecule has 0 radical (unpaired) electrons. The maximum Gasteiger partial charge on any atom is 0.117 e. The molecule has 0 amide bonds. The first-order valence-corrected chi connectivity index (χ1v) is 4.08. The molecule has 1 aromatic rings. The van der Waals surface area contributed by atoms with Gasteiger partial charge in [0.15, 0.2) is 0 Å². The first-order chi connectivity index (χ1) is 5.72. The summed E-state index contributed by atoms with van der Waals surface area (Å²) in [6.45, 7) is 1.74. The molecule has 0 spiro atoms. The van der Waals surface area contributed by atoms with Crippen molar-refractivity contribution in [2.24, 2.45) is 0 Å². The van der Waals surface area contributed by atoms with Crippen LogP contribution in [-0.2, 0) is 13.1 Å². The second-order valence-electron chi connectivity index (χ2n) is 3.19. The lowest BCUT2D eigenvalue weighted by atomic mass is 10.3. The van der Waals surface area contributed by atoms with Crippen molar-refractivity contribution in [3.05, 3.63) is 23.7 Å². The molecule has 1 rings (SSSR count). The van der Waals surface area contributed by atoms with Crippen LogP contribution in [0.4, 0.5) is 0 Å². The average Bonchev–Trinajstić information content (AvgIpc) is 2.36. The minimum atomic E-state index is 0.799. The summed E-state index contributed by atoms with van der Waals surface area (Å²) in [7, 11) is 6.00. The monoisotopic (exact) mass is 168 g/mol. The van der Waals surface area contributed by atoms with Gasteiger partial charge in [-0.15, -0.1) is 0 Å². The van der Waals surface area contributed by atoms with Gasteiger partial charge in [-0.25, -0.2) is 0 Å². The fourth-order valence-corrected chi connectivity index (χ4v) is 1.14. The van der Waals surface area contributed by atoms with Crippen LogP contribution in [0.25, 0.3) is 0 Å². The average molecular weight is 168 g/mol. The van der Waals surface area contributed by atoms with Gasteiger partial charge in [0.1, 0.15) is 5.76 Å². The molecular weight excluding hydrogens is 152 g/mol. The van der Waals surface area contributed by atoms with Gasteiger partial charge >= 0.3 is 0 Å². The van der Waals surface area contributed by atoms with Crippen molar-refractivity contribution >= 4 is 0 Å². The lowest BCUT2D eigenvalue weighted by Crippen LogP contribution is -2.09. The zero-order valence-corrected chi connectivity index (χ0v) is 7.92. The Morgan fingerprint density at radius 2 is 2.25 bits per heavy atom. The summed E-state index contributed by atoms with van der Waals surface area (Å²) in [5, 5.41) is 3.04. The maximum atomic E-state index is 5.32. The topological polar surface area (TPSA) is 28.4 Å². The Balaban J connectivity index is 2.52. The molecule has 1 heterocycles. The Labute approximate surface area is 73.4 Å². The van der Waals surface area contributed by atoms with Crippen LogP contribution in [0.15, 0.2) is 16.7 Å². The Bertz CT molecular complexity index is 230. The van der Waals surface area contributed by atoms with E-state index < -0.39 is 0 Å². The highest BCUT2D eigenvalue weighted by Crippen LogP contribution is 2.08. The Hall–Kier alpha value is -0.800. The van der Waals surface area contributed by atoms with E-state index in [4.69, 9.17) is 4.42 Å². The van der Waals surface area contributed by atoms with Crippen LogP contribution < -0.4 is 5.32 Å². The van der Waals surface area contributed by atoms with Crippen molar-refractivity contribution in [3.8, 4) is 0 Å². The third kappa shape index (κ3) is 2.68. The van der Waals surface area contributed by atoms with E-state index in [2.05, 4.69) is 16.3 Å². The van der Waals surface area contributed by atoms with Gasteiger partial charge < -0.3 is 14.6 Å². The van der Waals surface area contributed by atoms with Crippen molar-refractivity contribution in [1.82, 2.24) is 10.2 Å². The lowest BCUT2D eigenvalue weighted by Gasteiger charge is -2.05. The van der Waals surface area contributed by atoms with Crippen molar-refractivity contribution < 1.29 is 4.42 Å². The van der Waals surface area contributed by atoms with E-state index in [9.17, 15) is 0 Å². The van der Waals surface area contributed by atoms with Crippen LogP contribution in [0.2, 0.25) is 0 Å². The standard InChI is InChI=1S/C9H16N2O/c1-10-5-9-4-8(7-12-9)6-11(2)3/h4,7,10H,5-6H2,1-3H3. The lowest BCUT2D eigenvalue weighted by molar-refractivity contribution is 0.399. The van der Waals surface area contributed by atoms with Gasteiger partial charge in [-0.3, -0.25) is 0 Å². The molecule has 1 aromatic heterocycles. The fraction of sp³-hybridized carbons (Fsp3) is 0.556. The Kier molecular flexibility index (Phi) is 3.31. The van der Waals surface area contributed by atoms with Gasteiger partial charge in [-0.1, -0.05) is 0 Å². The zero-order chi connectivity index (χ0) is 8.97. The number of hydrogen-bond acceptors (Lipinski definition) is 3. The van der Waals surface area contributed by atoms with Crippen LogP contribution in [0, 0.1) is 0 Å². The van der Waals surface area contributed by atoms with Crippen molar-refractivity contribution in [1.29, 1.82) is 0 Å². The normalized spacial score (nSPS) is 11.0. The Morgan fingerprint density at radius 1 is 1.50 bits per heavy atom. The third-order valence-corrected chi connectivity index (χ3v) is 1.56. The summed E-state index contributed by atoms with van der Waals surface area (Å²) in [6, 6.07) is 2.08. The molecule has 0 saturated heterocycles. The molecule has 1 N–H and O–H groups in total. The van der Waals surface area contributed by atoms with E-state index in [1.54, 1.807) is 0 Å². The quantitative estimate of drug-likeness (QED) is 0.728. The van der Waals surface area contributed by atoms with Crippen LogP contribution in [0.1, 0.15) is 11.3 Å². The molecule has 3 heteroatoms. The second-order valence-corrected chi connectivity index (χ2v) is 3.19. The largest absolute Gasteiger partial charge is 0.468 e. The van der Waals surface area contributed by atoms with Gasteiger partial charge in [0.25, 0.3) is 0 Å². The summed E-state index contributed by atoms with van der Waals surface area (Å²) in [4.78, 5) is 2.12. The summed E-state index contributed by atoms with van der Waals surface area (Å²) >= 11 is 0. The molecule has 0 aliphatic heterocycles. The molecule has 68 valence electrons. The van der Waals surface area contributed by atoms with Crippen LogP contribution in [0.3, 0.4) is 0 Å². The summed E-state index contributed by atoms with van der Waals surface area (Å²) in [6.07, 6.45) is 1.81. The summed E-state index contributed by atoms with van der Waals surface area (Å²) in [5.41, 5.74) is 1.23. The first-order valence-electron chi connectivity index (χ1n) is 4.08. The van der Waals surface area contributed by atoms with Gasteiger partial charge in [0.2, 0.25) is 0 Å². The van der Waals surface area contributed by atoms with E-state index >= 15 is 0 Å². The van der Waals surface area contributed by atoms with Gasteiger partial charge in [0, 0.05) is 12.1 Å². The molecule has 3 nitrogen and oxygen atoms in total.